The predicted octanol–water partition coefficient (Wildman–Crippen LogP) is 4.18. The zero-order chi connectivity index (χ0) is 28.1. The van der Waals surface area contributed by atoms with Gasteiger partial charge in [0, 0.05) is 61.9 Å². The lowest BCUT2D eigenvalue weighted by Crippen LogP contribution is -2.48. The SMILES string of the molecule is COC1=C(C2(C)OC(c3ccc([N+](=O)[O-])cc3)=CN2C)C(=O)C1=CC1OC(c2ccc([N+](=O)[O-])cc2)=CN1C. The van der Waals surface area contributed by atoms with E-state index in [0.29, 0.717) is 39.6 Å². The quantitative estimate of drug-likeness (QED) is 0.290. The summed E-state index contributed by atoms with van der Waals surface area (Å²) >= 11 is 0. The van der Waals surface area contributed by atoms with E-state index >= 15 is 0 Å². The lowest BCUT2D eigenvalue weighted by Gasteiger charge is -2.39. The van der Waals surface area contributed by atoms with Gasteiger partial charge in [-0.15, -0.1) is 0 Å². The Hall–Kier alpha value is -5.13. The molecule has 0 radical (unpaired) electrons. The van der Waals surface area contributed by atoms with Crippen LogP contribution in [0, 0.1) is 20.2 Å². The topological polar surface area (TPSA) is 138 Å². The van der Waals surface area contributed by atoms with Crippen LogP contribution in [0.1, 0.15) is 18.1 Å². The number of benzene rings is 2. The van der Waals surface area contributed by atoms with E-state index in [1.54, 1.807) is 73.6 Å². The largest absolute Gasteiger partial charge is 0.495 e. The number of Topliss-reactive ketones (excluding diaryl/α,β-unsaturated/α-hetero) is 1. The number of rotatable bonds is 7. The van der Waals surface area contributed by atoms with E-state index in [1.807, 2.05) is 0 Å². The van der Waals surface area contributed by atoms with E-state index in [-0.39, 0.29) is 17.2 Å². The average molecular weight is 533 g/mol. The predicted molar refractivity (Wildman–Crippen MR) is 139 cm³/mol. The number of allylic oxidation sites excluding steroid dienone is 1. The fraction of sp³-hybridized carbons (Fsp3) is 0.222. The molecule has 2 atom stereocenters. The molecule has 39 heavy (non-hydrogen) atoms. The van der Waals surface area contributed by atoms with Gasteiger partial charge < -0.3 is 24.0 Å². The fourth-order valence-electron chi connectivity index (χ4n) is 4.60. The van der Waals surface area contributed by atoms with Crippen molar-refractivity contribution < 1.29 is 28.9 Å². The number of methoxy groups -OCH3 is 1. The molecule has 2 unspecified atom stereocenters. The number of ether oxygens (including phenoxy) is 3. The van der Waals surface area contributed by atoms with E-state index in [2.05, 4.69) is 0 Å². The van der Waals surface area contributed by atoms with Gasteiger partial charge in [-0.2, -0.15) is 0 Å². The van der Waals surface area contributed by atoms with Gasteiger partial charge in [-0.25, -0.2) is 0 Å². The summed E-state index contributed by atoms with van der Waals surface area (Å²) < 4.78 is 17.9. The highest BCUT2D eigenvalue weighted by Crippen LogP contribution is 2.47. The van der Waals surface area contributed by atoms with Gasteiger partial charge in [0.25, 0.3) is 11.4 Å². The van der Waals surface area contributed by atoms with Crippen LogP contribution < -0.4 is 0 Å². The molecule has 0 amide bonds. The maximum atomic E-state index is 13.4. The molecule has 0 bridgehead atoms. The maximum Gasteiger partial charge on any atom is 0.269 e. The van der Waals surface area contributed by atoms with Gasteiger partial charge in [0.1, 0.15) is 22.9 Å². The Morgan fingerprint density at radius 1 is 0.923 bits per heavy atom. The third-order valence-corrected chi connectivity index (χ3v) is 6.91. The number of carbonyl (C=O) groups excluding carboxylic acids is 1. The number of likely N-dealkylation sites (N-methyl/N-ethyl adjacent to an activating group) is 2. The molecule has 2 aliphatic heterocycles. The molecule has 3 aliphatic rings. The summed E-state index contributed by atoms with van der Waals surface area (Å²) in [6.45, 7) is 1.75. The van der Waals surface area contributed by atoms with Gasteiger partial charge in [-0.05, 0) is 37.3 Å². The molecule has 12 nitrogen and oxygen atoms in total. The molecule has 0 fully saturated rings. The van der Waals surface area contributed by atoms with Gasteiger partial charge in [0.15, 0.2) is 6.23 Å². The molecule has 12 heteroatoms. The molecule has 0 saturated heterocycles. The van der Waals surface area contributed by atoms with E-state index in [0.717, 1.165) is 0 Å². The van der Waals surface area contributed by atoms with Crippen molar-refractivity contribution in [3.05, 3.63) is 115 Å². The number of hydrogen-bond donors (Lipinski definition) is 0. The number of carbonyl (C=O) groups is 1. The smallest absolute Gasteiger partial charge is 0.269 e. The third-order valence-electron chi connectivity index (χ3n) is 6.91. The second-order valence-corrected chi connectivity index (χ2v) is 9.28. The molecule has 5 rings (SSSR count). The zero-order valence-electron chi connectivity index (χ0n) is 21.5. The number of nitro benzene ring substituents is 2. The summed E-state index contributed by atoms with van der Waals surface area (Å²) in [5, 5.41) is 21.9. The third kappa shape index (κ3) is 4.25. The van der Waals surface area contributed by atoms with Crippen molar-refractivity contribution in [1.29, 1.82) is 0 Å². The number of non-ortho nitro benzene ring substituents is 2. The molecule has 2 heterocycles. The van der Waals surface area contributed by atoms with Crippen LogP contribution in [0.3, 0.4) is 0 Å². The average Bonchev–Trinajstić information content (AvgIpc) is 3.44. The number of nitro groups is 2. The molecule has 1 aliphatic carbocycles. The highest BCUT2D eigenvalue weighted by atomic mass is 16.6. The highest BCUT2D eigenvalue weighted by molar-refractivity contribution is 6.20. The monoisotopic (exact) mass is 532 g/mol. The van der Waals surface area contributed by atoms with Crippen molar-refractivity contribution in [3.8, 4) is 0 Å². The lowest BCUT2D eigenvalue weighted by atomic mass is 9.81. The first-order valence-corrected chi connectivity index (χ1v) is 11.8. The van der Waals surface area contributed by atoms with E-state index in [4.69, 9.17) is 14.2 Å². The van der Waals surface area contributed by atoms with Crippen LogP contribution in [-0.2, 0) is 19.0 Å². The summed E-state index contributed by atoms with van der Waals surface area (Å²) in [5.74, 6) is 1.07. The minimum atomic E-state index is -1.17. The van der Waals surface area contributed by atoms with E-state index < -0.39 is 21.8 Å². The summed E-state index contributed by atoms with van der Waals surface area (Å²) in [6.07, 6.45) is 4.52. The van der Waals surface area contributed by atoms with Crippen molar-refractivity contribution in [2.24, 2.45) is 0 Å². The number of nitrogens with zero attached hydrogens (tertiary/aromatic N) is 4. The van der Waals surface area contributed by atoms with E-state index in [1.165, 1.54) is 31.4 Å². The molecule has 2 aromatic rings. The fourth-order valence-corrected chi connectivity index (χ4v) is 4.60. The summed E-state index contributed by atoms with van der Waals surface area (Å²) in [5.41, 5.74) is 0.735. The van der Waals surface area contributed by atoms with Crippen LogP contribution in [0.15, 0.2) is 83.9 Å². The van der Waals surface area contributed by atoms with E-state index in [9.17, 15) is 25.0 Å². The zero-order valence-corrected chi connectivity index (χ0v) is 21.5. The first-order valence-electron chi connectivity index (χ1n) is 11.8. The second kappa shape index (κ2) is 9.31. The molecule has 0 aromatic heterocycles. The first-order chi connectivity index (χ1) is 18.5. The van der Waals surface area contributed by atoms with Gasteiger partial charge in [0.2, 0.25) is 11.5 Å². The Balaban J connectivity index is 1.36. The highest BCUT2D eigenvalue weighted by Gasteiger charge is 2.53. The molecule has 0 saturated carbocycles. The lowest BCUT2D eigenvalue weighted by molar-refractivity contribution is -0.385. The molecule has 0 N–H and O–H groups in total. The van der Waals surface area contributed by atoms with Crippen molar-refractivity contribution >= 4 is 28.7 Å². The van der Waals surface area contributed by atoms with Crippen molar-refractivity contribution in [3.63, 3.8) is 0 Å². The van der Waals surface area contributed by atoms with Gasteiger partial charge in [-0.3, -0.25) is 25.0 Å². The maximum absolute atomic E-state index is 13.4. The first kappa shape index (κ1) is 25.5. The Kier molecular flexibility index (Phi) is 6.09. The summed E-state index contributed by atoms with van der Waals surface area (Å²) in [7, 11) is 5.02. The van der Waals surface area contributed by atoms with Crippen LogP contribution in [0.2, 0.25) is 0 Å². The normalized spacial score (nSPS) is 23.2. The summed E-state index contributed by atoms with van der Waals surface area (Å²) in [6, 6.07) is 12.0. The van der Waals surface area contributed by atoms with Crippen molar-refractivity contribution in [2.75, 3.05) is 21.2 Å². The van der Waals surface area contributed by atoms with Gasteiger partial charge in [0.05, 0.1) is 22.5 Å². The van der Waals surface area contributed by atoms with Crippen molar-refractivity contribution in [1.82, 2.24) is 9.80 Å². The minimum absolute atomic E-state index is 0.0225. The van der Waals surface area contributed by atoms with Crippen LogP contribution in [0.5, 0.6) is 0 Å². The Morgan fingerprint density at radius 2 is 1.46 bits per heavy atom. The number of ketones is 1. The Labute approximate surface area is 223 Å². The van der Waals surface area contributed by atoms with Gasteiger partial charge >= 0.3 is 0 Å². The standard InChI is InChI=1S/C27H24N4O8/c1-27(29(3)15-22(39-27)17-7-11-19(12-8-17)31(35)36)24-25(32)20(26(24)37-4)13-23-28(2)14-21(38-23)16-5-9-18(10-6-16)30(33)34/h5-15,23H,1-4H3. The molecular weight excluding hydrogens is 508 g/mol. The van der Waals surface area contributed by atoms with Crippen LogP contribution in [0.25, 0.3) is 11.5 Å². The molecule has 0 spiro atoms. The minimum Gasteiger partial charge on any atom is -0.495 e. The van der Waals surface area contributed by atoms with Gasteiger partial charge in [-0.1, -0.05) is 0 Å². The Bertz CT molecular complexity index is 1510. The number of hydrogen-bond acceptors (Lipinski definition) is 10. The molecule has 200 valence electrons. The second-order valence-electron chi connectivity index (χ2n) is 9.28. The molecular formula is C27H24N4O8. The molecule has 2 aromatic carbocycles. The van der Waals surface area contributed by atoms with Crippen LogP contribution in [-0.4, -0.2) is 58.6 Å². The van der Waals surface area contributed by atoms with Crippen molar-refractivity contribution in [2.45, 2.75) is 18.9 Å². The van der Waals surface area contributed by atoms with Crippen LogP contribution >= 0.6 is 0 Å². The van der Waals surface area contributed by atoms with Crippen LogP contribution in [0.4, 0.5) is 11.4 Å². The summed E-state index contributed by atoms with van der Waals surface area (Å²) in [4.78, 5) is 37.9. The Morgan fingerprint density at radius 3 is 1.97 bits per heavy atom.